The van der Waals surface area contributed by atoms with Gasteiger partial charge in [-0.3, -0.25) is 9.97 Å². The summed E-state index contributed by atoms with van der Waals surface area (Å²) in [5, 5.41) is 57.3. The van der Waals surface area contributed by atoms with Crippen molar-refractivity contribution >= 4 is 31.2 Å². The van der Waals surface area contributed by atoms with Crippen LogP contribution in [-0.2, 0) is 25.4 Å². The molecule has 9 aromatic rings. The number of rotatable bonds is 10. The zero-order valence-electron chi connectivity index (χ0n) is 37.9. The largest absolute Gasteiger partial charge is 0.478 e. The van der Waals surface area contributed by atoms with Crippen molar-refractivity contribution in [3.8, 4) is 68.6 Å². The first-order valence-corrected chi connectivity index (χ1v) is 20.8. The van der Waals surface area contributed by atoms with Crippen molar-refractivity contribution in [3.05, 3.63) is 168 Å². The highest BCUT2D eigenvalue weighted by atomic mass is 19.4. The van der Waals surface area contributed by atoms with Crippen LogP contribution >= 0.6 is 0 Å². The lowest BCUT2D eigenvalue weighted by molar-refractivity contribution is -0.137. The minimum absolute atomic E-state index is 0. The Balaban J connectivity index is 0.000000224. The Labute approximate surface area is 406 Å². The van der Waals surface area contributed by atoms with Crippen LogP contribution in [0.25, 0.3) is 68.6 Å². The summed E-state index contributed by atoms with van der Waals surface area (Å²) in [7, 11) is 0. The molecule has 1 N–H and O–H groups in total. The standard InChI is InChI=1S/C17H13F3N4.C16H13N5O2.C15H13N5.3B/c1-2-11-3-5-12(6-4-11)15-21-23-16(24-22-15)13-7-9-14(10-8-13)17(18,19)20;1-2-10-3-5-11(6-4-10)14-18-20-15(21-19-14)13-8-7-12(9-17-13)16(22)23;1-2-11-6-8-12(9-7-11)14-17-19-15(20-18-14)13-5-3-4-10-16-13;;;/h3-10H,2H2,1H3;3-9H,2H2,1H3,(H,22,23);3-10H,2H2,1H3;;;. The zero-order valence-corrected chi connectivity index (χ0v) is 37.9. The lowest BCUT2D eigenvalue weighted by Gasteiger charge is -2.06. The Morgan fingerprint density at radius 1 is 0.429 bits per heavy atom. The number of aryl methyl sites for hydroxylation is 3. The number of halogens is 3. The zero-order chi connectivity index (χ0) is 47.2. The number of carbonyl (C=O) groups is 1. The second-order valence-corrected chi connectivity index (χ2v) is 14.3. The van der Waals surface area contributed by atoms with Gasteiger partial charge in [0, 0.05) is 59.9 Å². The monoisotopic (exact) mass is 933 g/mol. The van der Waals surface area contributed by atoms with Crippen molar-refractivity contribution < 1.29 is 23.1 Å². The number of aromatic nitrogens is 14. The van der Waals surface area contributed by atoms with Gasteiger partial charge in [0.25, 0.3) is 0 Å². The van der Waals surface area contributed by atoms with E-state index in [9.17, 15) is 18.0 Å². The molecule has 0 aliphatic heterocycles. The van der Waals surface area contributed by atoms with Gasteiger partial charge in [-0.15, -0.1) is 61.2 Å². The number of hydrogen-bond donors (Lipinski definition) is 1. The molecule has 70 heavy (non-hydrogen) atoms. The van der Waals surface area contributed by atoms with Gasteiger partial charge >= 0.3 is 12.1 Å². The Morgan fingerprint density at radius 3 is 1.03 bits per heavy atom. The first-order chi connectivity index (χ1) is 32.5. The Morgan fingerprint density at radius 2 is 0.757 bits per heavy atom. The third-order valence-electron chi connectivity index (χ3n) is 9.90. The topological polar surface area (TPSA) is 218 Å². The SMILES string of the molecule is CCc1ccc(-c2nnc(-c3ccc(C(=O)O)cn3)nn2)cc1.CCc1ccc(-c2nnc(-c3ccc(C(F)(F)F)cc3)nn2)cc1.CCc1ccc(-c2nnc(-c3ccccn3)nn2)cc1.[B].[B].[B]. The van der Waals surface area contributed by atoms with Gasteiger partial charge in [-0.2, -0.15) is 13.2 Å². The van der Waals surface area contributed by atoms with E-state index in [1.807, 2.05) is 78.9 Å². The summed E-state index contributed by atoms with van der Waals surface area (Å²) in [4.78, 5) is 19.0. The fourth-order valence-corrected chi connectivity index (χ4v) is 5.98. The average Bonchev–Trinajstić information content (AvgIpc) is 3.39. The molecule has 0 saturated carbocycles. The van der Waals surface area contributed by atoms with Crippen molar-refractivity contribution in [3.63, 3.8) is 0 Å². The molecule has 0 bridgehead atoms. The Kier molecular flexibility index (Phi) is 19.7. The summed E-state index contributed by atoms with van der Waals surface area (Å²) in [6.45, 7) is 6.27. The molecular weight excluding hydrogens is 894 g/mol. The van der Waals surface area contributed by atoms with Gasteiger partial charge in [0.05, 0.1) is 11.1 Å². The Hall–Kier alpha value is -8.55. The molecule has 343 valence electrons. The molecule has 0 aliphatic carbocycles. The average molecular weight is 933 g/mol. The smallest absolute Gasteiger partial charge is 0.416 e. The number of nitrogens with zero attached hydrogens (tertiary/aromatic N) is 14. The highest BCUT2D eigenvalue weighted by Gasteiger charge is 2.30. The molecule has 5 aromatic heterocycles. The van der Waals surface area contributed by atoms with Crippen molar-refractivity contribution in [2.24, 2.45) is 0 Å². The maximum Gasteiger partial charge on any atom is 0.416 e. The highest BCUT2D eigenvalue weighted by molar-refractivity contribution is 5.87. The molecule has 5 heterocycles. The number of carboxylic acid groups (broad SMARTS) is 1. The summed E-state index contributed by atoms with van der Waals surface area (Å²) >= 11 is 0. The van der Waals surface area contributed by atoms with E-state index in [0.717, 1.165) is 48.1 Å². The van der Waals surface area contributed by atoms with E-state index in [1.165, 1.54) is 47.2 Å². The first-order valence-electron chi connectivity index (χ1n) is 20.8. The van der Waals surface area contributed by atoms with E-state index in [4.69, 9.17) is 5.11 Å². The third kappa shape index (κ3) is 14.2. The maximum absolute atomic E-state index is 12.6. The minimum atomic E-state index is -4.37. The number of aromatic carboxylic acids is 1. The maximum atomic E-state index is 12.6. The summed E-state index contributed by atoms with van der Waals surface area (Å²) < 4.78 is 37.7. The predicted molar refractivity (Wildman–Crippen MR) is 258 cm³/mol. The summed E-state index contributed by atoms with van der Waals surface area (Å²) in [6, 6.07) is 36.8. The fourth-order valence-electron chi connectivity index (χ4n) is 5.98. The normalized spacial score (nSPS) is 10.4. The number of alkyl halides is 3. The van der Waals surface area contributed by atoms with Crippen LogP contribution in [-0.4, -0.2) is 107 Å². The lowest BCUT2D eigenvalue weighted by atomic mass is 10.1. The van der Waals surface area contributed by atoms with Gasteiger partial charge < -0.3 is 5.11 Å². The molecule has 0 amide bonds. The molecule has 0 aliphatic rings. The van der Waals surface area contributed by atoms with Crippen molar-refractivity contribution in [1.29, 1.82) is 0 Å². The number of hydrogen-bond acceptors (Lipinski definition) is 15. The molecule has 0 atom stereocenters. The van der Waals surface area contributed by atoms with Crippen LogP contribution in [0.4, 0.5) is 13.2 Å². The van der Waals surface area contributed by atoms with Gasteiger partial charge in [-0.05, 0) is 72.4 Å². The molecule has 0 fully saturated rings. The molecule has 0 saturated heterocycles. The predicted octanol–water partition coefficient (Wildman–Crippen LogP) is 7.85. The molecule has 9 radical (unpaired) electrons. The second kappa shape index (κ2) is 25.6. The van der Waals surface area contributed by atoms with Crippen LogP contribution in [0.2, 0.25) is 0 Å². The van der Waals surface area contributed by atoms with Crippen LogP contribution in [0.5, 0.6) is 0 Å². The van der Waals surface area contributed by atoms with Crippen LogP contribution in [0.1, 0.15) is 53.4 Å². The molecule has 22 heteroatoms. The van der Waals surface area contributed by atoms with E-state index in [2.05, 4.69) is 104 Å². The molecule has 4 aromatic carbocycles. The van der Waals surface area contributed by atoms with Crippen molar-refractivity contribution in [1.82, 2.24) is 71.2 Å². The number of pyridine rings is 2. The van der Waals surface area contributed by atoms with E-state index >= 15 is 0 Å². The Bertz CT molecular complexity index is 2990. The van der Waals surface area contributed by atoms with Gasteiger partial charge in [0.15, 0.2) is 0 Å². The van der Waals surface area contributed by atoms with E-state index in [1.54, 1.807) is 6.20 Å². The van der Waals surface area contributed by atoms with Crippen molar-refractivity contribution in [2.45, 2.75) is 46.2 Å². The molecular formula is C48H39B3F3N14O2. The summed E-state index contributed by atoms with van der Waals surface area (Å²) in [6.07, 6.45) is 1.48. The molecule has 0 spiro atoms. The summed E-state index contributed by atoms with van der Waals surface area (Å²) in [5.41, 5.74) is 7.12. The highest BCUT2D eigenvalue weighted by Crippen LogP contribution is 2.30. The molecule has 0 unspecified atom stereocenters. The van der Waals surface area contributed by atoms with Crippen LogP contribution < -0.4 is 0 Å². The number of carboxylic acids is 1. The fraction of sp³-hybridized carbons (Fsp3) is 0.146. The third-order valence-corrected chi connectivity index (χ3v) is 9.90. The van der Waals surface area contributed by atoms with E-state index < -0.39 is 17.7 Å². The second-order valence-electron chi connectivity index (χ2n) is 14.3. The van der Waals surface area contributed by atoms with Gasteiger partial charge in [0.1, 0.15) is 11.4 Å². The first kappa shape index (κ1) is 54.1. The van der Waals surface area contributed by atoms with Crippen LogP contribution in [0.3, 0.4) is 0 Å². The van der Waals surface area contributed by atoms with Crippen molar-refractivity contribution in [2.75, 3.05) is 0 Å². The van der Waals surface area contributed by atoms with Gasteiger partial charge in [0.2, 0.25) is 34.9 Å². The quantitative estimate of drug-likeness (QED) is 0.129. The molecule has 9 rings (SSSR count). The molecule has 16 nitrogen and oxygen atoms in total. The number of benzene rings is 4. The minimum Gasteiger partial charge on any atom is -0.478 e. The van der Waals surface area contributed by atoms with Crippen LogP contribution in [0, 0.1) is 0 Å². The van der Waals surface area contributed by atoms with Gasteiger partial charge in [-0.1, -0.05) is 112 Å². The van der Waals surface area contributed by atoms with Crippen LogP contribution in [0.15, 0.2) is 140 Å². The lowest BCUT2D eigenvalue weighted by Crippen LogP contribution is -2.04. The van der Waals surface area contributed by atoms with E-state index in [0.29, 0.717) is 40.2 Å². The summed E-state index contributed by atoms with van der Waals surface area (Å²) in [5.74, 6) is 1.14. The van der Waals surface area contributed by atoms with Gasteiger partial charge in [-0.25, -0.2) is 4.79 Å². The van der Waals surface area contributed by atoms with E-state index in [-0.39, 0.29) is 42.5 Å².